The molecule has 0 spiro atoms. The second-order valence-corrected chi connectivity index (χ2v) is 6.10. The SMILES string of the molecule is CC(=O)N(C)Cc1cccc(NC(C)C2(C)CC2)c1. The van der Waals surface area contributed by atoms with Crippen LogP contribution in [0.15, 0.2) is 24.3 Å². The highest BCUT2D eigenvalue weighted by Gasteiger charge is 2.42. The van der Waals surface area contributed by atoms with Crippen LogP contribution in [-0.2, 0) is 11.3 Å². The summed E-state index contributed by atoms with van der Waals surface area (Å²) in [7, 11) is 1.83. The van der Waals surface area contributed by atoms with Crippen molar-refractivity contribution in [2.24, 2.45) is 5.41 Å². The van der Waals surface area contributed by atoms with Crippen molar-refractivity contribution in [2.45, 2.75) is 46.2 Å². The number of anilines is 1. The van der Waals surface area contributed by atoms with E-state index >= 15 is 0 Å². The summed E-state index contributed by atoms with van der Waals surface area (Å²) in [5.41, 5.74) is 2.78. The molecule has 0 bridgehead atoms. The van der Waals surface area contributed by atoms with Gasteiger partial charge >= 0.3 is 0 Å². The molecule has 3 nitrogen and oxygen atoms in total. The summed E-state index contributed by atoms with van der Waals surface area (Å²) in [6.07, 6.45) is 2.63. The first-order chi connectivity index (χ1) is 8.90. The monoisotopic (exact) mass is 260 g/mol. The summed E-state index contributed by atoms with van der Waals surface area (Å²) < 4.78 is 0. The molecule has 1 aliphatic carbocycles. The molecule has 1 N–H and O–H groups in total. The molecule has 1 aliphatic rings. The summed E-state index contributed by atoms with van der Waals surface area (Å²) >= 11 is 0. The number of carbonyl (C=O) groups excluding carboxylic acids is 1. The van der Waals surface area contributed by atoms with E-state index in [1.807, 2.05) is 13.1 Å². The summed E-state index contributed by atoms with van der Waals surface area (Å²) in [5, 5.41) is 3.58. The largest absolute Gasteiger partial charge is 0.382 e. The van der Waals surface area contributed by atoms with E-state index in [0.717, 1.165) is 11.3 Å². The van der Waals surface area contributed by atoms with Crippen LogP contribution in [0.4, 0.5) is 5.69 Å². The summed E-state index contributed by atoms with van der Waals surface area (Å²) in [6, 6.07) is 8.84. The first kappa shape index (κ1) is 13.9. The van der Waals surface area contributed by atoms with E-state index < -0.39 is 0 Å². The van der Waals surface area contributed by atoms with Crippen LogP contribution in [0, 0.1) is 5.41 Å². The van der Waals surface area contributed by atoms with E-state index in [4.69, 9.17) is 0 Å². The van der Waals surface area contributed by atoms with Crippen LogP contribution in [0.1, 0.15) is 39.2 Å². The van der Waals surface area contributed by atoms with Gasteiger partial charge in [-0.1, -0.05) is 19.1 Å². The third-order valence-corrected chi connectivity index (χ3v) is 4.35. The number of carbonyl (C=O) groups is 1. The van der Waals surface area contributed by atoms with Crippen molar-refractivity contribution in [3.63, 3.8) is 0 Å². The molecule has 1 aromatic carbocycles. The Morgan fingerprint density at radius 2 is 2.16 bits per heavy atom. The van der Waals surface area contributed by atoms with Crippen molar-refractivity contribution in [1.29, 1.82) is 0 Å². The lowest BCUT2D eigenvalue weighted by atomic mass is 10.0. The minimum absolute atomic E-state index is 0.0946. The second-order valence-electron chi connectivity index (χ2n) is 6.10. The van der Waals surface area contributed by atoms with Crippen molar-refractivity contribution in [3.8, 4) is 0 Å². The molecule has 3 heteroatoms. The maximum Gasteiger partial charge on any atom is 0.219 e. The van der Waals surface area contributed by atoms with E-state index in [9.17, 15) is 4.79 Å². The number of hydrogen-bond acceptors (Lipinski definition) is 2. The number of benzene rings is 1. The van der Waals surface area contributed by atoms with Gasteiger partial charge in [-0.05, 0) is 42.9 Å². The number of rotatable bonds is 5. The third kappa shape index (κ3) is 3.49. The van der Waals surface area contributed by atoms with Crippen LogP contribution >= 0.6 is 0 Å². The summed E-state index contributed by atoms with van der Waals surface area (Å²) in [4.78, 5) is 13.0. The summed E-state index contributed by atoms with van der Waals surface area (Å²) in [5.74, 6) is 0.0946. The van der Waals surface area contributed by atoms with Crippen LogP contribution in [0.3, 0.4) is 0 Å². The second kappa shape index (κ2) is 5.24. The van der Waals surface area contributed by atoms with Gasteiger partial charge in [0.2, 0.25) is 5.91 Å². The van der Waals surface area contributed by atoms with Gasteiger partial charge in [0.1, 0.15) is 0 Å². The average Bonchev–Trinajstić information content (AvgIpc) is 3.09. The quantitative estimate of drug-likeness (QED) is 0.881. The fraction of sp³-hybridized carbons (Fsp3) is 0.562. The van der Waals surface area contributed by atoms with Crippen molar-refractivity contribution in [1.82, 2.24) is 4.90 Å². The van der Waals surface area contributed by atoms with Gasteiger partial charge < -0.3 is 10.2 Å². The lowest BCUT2D eigenvalue weighted by molar-refractivity contribution is -0.128. The first-order valence-corrected chi connectivity index (χ1v) is 6.98. The van der Waals surface area contributed by atoms with Crippen molar-refractivity contribution < 1.29 is 4.79 Å². The van der Waals surface area contributed by atoms with E-state index in [1.165, 1.54) is 12.8 Å². The molecule has 0 heterocycles. The van der Waals surface area contributed by atoms with Gasteiger partial charge in [0.15, 0.2) is 0 Å². The Bertz CT molecular complexity index is 466. The Balaban J connectivity index is 2.00. The molecule has 1 aromatic rings. The van der Waals surface area contributed by atoms with Crippen LogP contribution in [-0.4, -0.2) is 23.9 Å². The van der Waals surface area contributed by atoms with E-state index in [2.05, 4.69) is 37.4 Å². The molecular formula is C16H24N2O. The maximum atomic E-state index is 11.3. The molecule has 0 aromatic heterocycles. The zero-order chi connectivity index (χ0) is 14.0. The van der Waals surface area contributed by atoms with Crippen molar-refractivity contribution >= 4 is 11.6 Å². The fourth-order valence-electron chi connectivity index (χ4n) is 2.20. The zero-order valence-corrected chi connectivity index (χ0v) is 12.4. The molecule has 19 heavy (non-hydrogen) atoms. The normalized spacial score (nSPS) is 17.7. The molecule has 1 fully saturated rings. The number of hydrogen-bond donors (Lipinski definition) is 1. The highest BCUT2D eigenvalue weighted by molar-refractivity contribution is 5.72. The fourth-order valence-corrected chi connectivity index (χ4v) is 2.20. The smallest absolute Gasteiger partial charge is 0.219 e. The van der Waals surface area contributed by atoms with Gasteiger partial charge in [-0.25, -0.2) is 0 Å². The van der Waals surface area contributed by atoms with Gasteiger partial charge in [-0.2, -0.15) is 0 Å². The molecular weight excluding hydrogens is 236 g/mol. The molecule has 1 saturated carbocycles. The van der Waals surface area contributed by atoms with Gasteiger partial charge in [0, 0.05) is 32.2 Å². The summed E-state index contributed by atoms with van der Waals surface area (Å²) in [6.45, 7) is 6.84. The molecule has 104 valence electrons. The number of nitrogens with one attached hydrogen (secondary N) is 1. The number of nitrogens with zero attached hydrogens (tertiary/aromatic N) is 1. The predicted molar refractivity (Wildman–Crippen MR) is 79.0 cm³/mol. The van der Waals surface area contributed by atoms with E-state index in [0.29, 0.717) is 18.0 Å². The van der Waals surface area contributed by atoms with Gasteiger partial charge in [0.25, 0.3) is 0 Å². The van der Waals surface area contributed by atoms with Gasteiger partial charge in [-0.3, -0.25) is 4.79 Å². The minimum Gasteiger partial charge on any atom is -0.382 e. The Morgan fingerprint density at radius 1 is 1.47 bits per heavy atom. The standard InChI is InChI=1S/C16H24N2O/c1-12(16(3)8-9-16)17-15-7-5-6-14(10-15)11-18(4)13(2)19/h5-7,10,12,17H,8-9,11H2,1-4H3. The van der Waals surface area contributed by atoms with E-state index in [1.54, 1.807) is 11.8 Å². The maximum absolute atomic E-state index is 11.3. The Labute approximate surface area is 116 Å². The molecule has 0 aliphatic heterocycles. The Kier molecular flexibility index (Phi) is 3.83. The van der Waals surface area contributed by atoms with Gasteiger partial charge in [0.05, 0.1) is 0 Å². The third-order valence-electron chi connectivity index (χ3n) is 4.35. The Morgan fingerprint density at radius 3 is 2.74 bits per heavy atom. The van der Waals surface area contributed by atoms with Crippen LogP contribution in [0.25, 0.3) is 0 Å². The molecule has 0 radical (unpaired) electrons. The Hall–Kier alpha value is -1.51. The lowest BCUT2D eigenvalue weighted by Crippen LogP contribution is -2.25. The van der Waals surface area contributed by atoms with Gasteiger partial charge in [-0.15, -0.1) is 0 Å². The molecule has 1 atom stereocenters. The minimum atomic E-state index is 0.0946. The van der Waals surface area contributed by atoms with Crippen molar-refractivity contribution in [3.05, 3.63) is 29.8 Å². The predicted octanol–water partition coefficient (Wildman–Crippen LogP) is 3.27. The highest BCUT2D eigenvalue weighted by Crippen LogP contribution is 2.48. The molecule has 2 rings (SSSR count). The first-order valence-electron chi connectivity index (χ1n) is 6.98. The van der Waals surface area contributed by atoms with Crippen LogP contribution in [0.5, 0.6) is 0 Å². The topological polar surface area (TPSA) is 32.3 Å². The average molecular weight is 260 g/mol. The zero-order valence-electron chi connectivity index (χ0n) is 12.4. The molecule has 0 saturated heterocycles. The lowest BCUT2D eigenvalue weighted by Gasteiger charge is -2.22. The highest BCUT2D eigenvalue weighted by atomic mass is 16.2. The number of amides is 1. The van der Waals surface area contributed by atoms with E-state index in [-0.39, 0.29) is 5.91 Å². The van der Waals surface area contributed by atoms with Crippen LogP contribution in [0.2, 0.25) is 0 Å². The molecule has 1 amide bonds. The van der Waals surface area contributed by atoms with Crippen molar-refractivity contribution in [2.75, 3.05) is 12.4 Å². The molecule has 1 unspecified atom stereocenters. The van der Waals surface area contributed by atoms with Crippen LogP contribution < -0.4 is 5.32 Å².